The van der Waals surface area contributed by atoms with E-state index in [4.69, 9.17) is 5.26 Å². The number of alkyl halides is 3. The van der Waals surface area contributed by atoms with E-state index in [0.29, 0.717) is 32.5 Å². The van der Waals surface area contributed by atoms with Crippen LogP contribution in [0.25, 0.3) is 0 Å². The van der Waals surface area contributed by atoms with Gasteiger partial charge < -0.3 is 5.32 Å². The van der Waals surface area contributed by atoms with E-state index in [-0.39, 0.29) is 35.3 Å². The van der Waals surface area contributed by atoms with Crippen LogP contribution in [-0.2, 0) is 24.1 Å². The molecule has 1 fully saturated rings. The Morgan fingerprint density at radius 1 is 1.13 bits per heavy atom. The Bertz CT molecular complexity index is 927. The third-order valence-corrected chi connectivity index (χ3v) is 5.28. The van der Waals surface area contributed by atoms with E-state index in [0.717, 1.165) is 11.6 Å². The first-order valence-electron chi connectivity index (χ1n) is 9.61. The number of piperidine rings is 1. The van der Waals surface area contributed by atoms with Crippen LogP contribution in [0.15, 0.2) is 42.5 Å². The van der Waals surface area contributed by atoms with Crippen molar-refractivity contribution in [1.29, 1.82) is 5.26 Å². The second-order valence-electron chi connectivity index (χ2n) is 7.38. The van der Waals surface area contributed by atoms with Gasteiger partial charge in [0.2, 0.25) is 5.91 Å². The maximum Gasteiger partial charge on any atom is 0.416 e. The lowest BCUT2D eigenvalue weighted by atomic mass is 9.95. The normalized spacial score (nSPS) is 15.6. The summed E-state index contributed by atoms with van der Waals surface area (Å²) in [6, 6.07) is 11.3. The fourth-order valence-electron chi connectivity index (χ4n) is 3.59. The Morgan fingerprint density at radius 2 is 1.80 bits per heavy atom. The van der Waals surface area contributed by atoms with Gasteiger partial charge in [0, 0.05) is 19.0 Å². The summed E-state index contributed by atoms with van der Waals surface area (Å²) in [6.07, 6.45) is -3.39. The van der Waals surface area contributed by atoms with Gasteiger partial charge in [0.25, 0.3) is 0 Å². The summed E-state index contributed by atoms with van der Waals surface area (Å²) in [5.41, 5.74) is -0.0645. The molecule has 0 atom stereocenters. The van der Waals surface area contributed by atoms with Crippen molar-refractivity contribution in [2.24, 2.45) is 5.92 Å². The molecule has 1 heterocycles. The van der Waals surface area contributed by atoms with Gasteiger partial charge >= 0.3 is 6.18 Å². The molecule has 1 amide bonds. The minimum absolute atomic E-state index is 0.0661. The maximum atomic E-state index is 13.2. The molecule has 0 bridgehead atoms. The Kier molecular flexibility index (Phi) is 6.73. The van der Waals surface area contributed by atoms with E-state index in [1.165, 1.54) is 24.3 Å². The van der Waals surface area contributed by atoms with Gasteiger partial charge in [-0.15, -0.1) is 0 Å². The predicted molar refractivity (Wildman–Crippen MR) is 102 cm³/mol. The monoisotopic (exact) mass is 419 g/mol. The van der Waals surface area contributed by atoms with Crippen LogP contribution in [-0.4, -0.2) is 23.9 Å². The molecule has 1 saturated heterocycles. The molecule has 0 aromatic heterocycles. The molecule has 8 heteroatoms. The molecule has 0 radical (unpaired) electrons. The topological polar surface area (TPSA) is 56.1 Å². The van der Waals surface area contributed by atoms with E-state index >= 15 is 0 Å². The zero-order chi connectivity index (χ0) is 21.7. The van der Waals surface area contributed by atoms with Gasteiger partial charge in [-0.25, -0.2) is 4.39 Å². The summed E-state index contributed by atoms with van der Waals surface area (Å²) >= 11 is 0. The van der Waals surface area contributed by atoms with Crippen molar-refractivity contribution in [3.63, 3.8) is 0 Å². The van der Waals surface area contributed by atoms with Crippen LogP contribution >= 0.6 is 0 Å². The lowest BCUT2D eigenvalue weighted by Crippen LogP contribution is -2.40. The fraction of sp³-hybridized carbons (Fsp3) is 0.364. The molecule has 1 N–H and O–H groups in total. The molecule has 0 aliphatic carbocycles. The summed E-state index contributed by atoms with van der Waals surface area (Å²) in [6.45, 7) is 1.78. The second-order valence-corrected chi connectivity index (χ2v) is 7.38. The highest BCUT2D eigenvalue weighted by Gasteiger charge is 2.34. The zero-order valence-corrected chi connectivity index (χ0v) is 16.2. The van der Waals surface area contributed by atoms with Gasteiger partial charge in [-0.05, 0) is 61.3 Å². The van der Waals surface area contributed by atoms with Gasteiger partial charge in [0.05, 0.1) is 17.2 Å². The molecular formula is C22H21F4N3O. The molecule has 30 heavy (non-hydrogen) atoms. The fourth-order valence-corrected chi connectivity index (χ4v) is 3.59. The van der Waals surface area contributed by atoms with E-state index in [9.17, 15) is 22.4 Å². The number of hydrogen-bond donors (Lipinski definition) is 1. The lowest BCUT2D eigenvalue weighted by molar-refractivity contribution is -0.138. The third-order valence-electron chi connectivity index (χ3n) is 5.28. The number of amides is 1. The number of hydrogen-bond acceptors (Lipinski definition) is 3. The summed E-state index contributed by atoms with van der Waals surface area (Å²) in [5, 5.41) is 11.4. The molecule has 2 aromatic carbocycles. The molecular weight excluding hydrogens is 398 g/mol. The van der Waals surface area contributed by atoms with Crippen molar-refractivity contribution in [1.82, 2.24) is 10.2 Å². The van der Waals surface area contributed by atoms with Gasteiger partial charge in [0.15, 0.2) is 0 Å². The molecule has 0 unspecified atom stereocenters. The number of benzene rings is 2. The van der Waals surface area contributed by atoms with Crippen LogP contribution in [0.2, 0.25) is 0 Å². The first-order chi connectivity index (χ1) is 14.3. The van der Waals surface area contributed by atoms with Gasteiger partial charge in [-0.3, -0.25) is 9.69 Å². The Morgan fingerprint density at radius 3 is 2.40 bits per heavy atom. The second kappa shape index (κ2) is 9.26. The Hall–Kier alpha value is -2.92. The molecule has 1 aliphatic heterocycles. The zero-order valence-electron chi connectivity index (χ0n) is 16.2. The van der Waals surface area contributed by atoms with Crippen LogP contribution < -0.4 is 5.32 Å². The highest BCUT2D eigenvalue weighted by molar-refractivity contribution is 5.78. The summed E-state index contributed by atoms with van der Waals surface area (Å²) < 4.78 is 52.7. The number of nitrogens with one attached hydrogen (secondary N) is 1. The minimum Gasteiger partial charge on any atom is -0.352 e. The van der Waals surface area contributed by atoms with Gasteiger partial charge in [-0.2, -0.15) is 18.4 Å². The highest BCUT2D eigenvalue weighted by atomic mass is 19.4. The van der Waals surface area contributed by atoms with Crippen LogP contribution in [0.1, 0.15) is 35.1 Å². The van der Waals surface area contributed by atoms with Gasteiger partial charge in [-0.1, -0.05) is 18.2 Å². The quantitative estimate of drug-likeness (QED) is 0.738. The molecule has 1 aliphatic rings. The Labute approximate surface area is 172 Å². The van der Waals surface area contributed by atoms with Gasteiger partial charge in [0.1, 0.15) is 5.82 Å². The summed E-state index contributed by atoms with van der Waals surface area (Å²) in [7, 11) is 0. The average molecular weight is 419 g/mol. The number of halogens is 4. The number of rotatable bonds is 5. The molecule has 0 saturated carbocycles. The maximum absolute atomic E-state index is 13.2. The average Bonchev–Trinajstić information content (AvgIpc) is 2.73. The minimum atomic E-state index is -4.60. The molecule has 158 valence electrons. The lowest BCUT2D eigenvalue weighted by Gasteiger charge is -2.31. The molecule has 3 rings (SSSR count). The Balaban J connectivity index is 1.53. The number of carbonyl (C=O) groups excluding carboxylic acids is 1. The molecule has 0 spiro atoms. The number of nitriles is 1. The van der Waals surface area contributed by atoms with E-state index < -0.39 is 11.7 Å². The molecule has 2 aromatic rings. The number of likely N-dealkylation sites (tertiary alicyclic amines) is 1. The van der Waals surface area contributed by atoms with Crippen molar-refractivity contribution < 1.29 is 22.4 Å². The summed E-state index contributed by atoms with van der Waals surface area (Å²) in [4.78, 5) is 14.6. The van der Waals surface area contributed by atoms with Crippen LogP contribution in [0, 0.1) is 23.1 Å². The van der Waals surface area contributed by atoms with Crippen molar-refractivity contribution >= 4 is 5.91 Å². The van der Waals surface area contributed by atoms with E-state index in [1.807, 2.05) is 0 Å². The van der Waals surface area contributed by atoms with Crippen LogP contribution in [0.4, 0.5) is 17.6 Å². The SMILES string of the molecule is N#Cc1ccc(CNC(=O)C2CCN(Cc3ccc(F)cc3)CC2)c(C(F)(F)F)c1. The highest BCUT2D eigenvalue weighted by Crippen LogP contribution is 2.32. The smallest absolute Gasteiger partial charge is 0.352 e. The largest absolute Gasteiger partial charge is 0.416 e. The standard InChI is InChI=1S/C22H21F4N3O/c23-19-5-2-15(3-6-19)14-29-9-7-17(8-10-29)21(30)28-13-18-4-1-16(12-27)11-20(18)22(24,25)26/h1-6,11,17H,7-10,13-14H2,(H,28,30). The van der Waals surface area contributed by atoms with Crippen molar-refractivity contribution in [2.45, 2.75) is 32.1 Å². The van der Waals surface area contributed by atoms with E-state index in [2.05, 4.69) is 10.2 Å². The summed E-state index contributed by atoms with van der Waals surface area (Å²) in [5.74, 6) is -0.818. The van der Waals surface area contributed by atoms with Crippen LogP contribution in [0.3, 0.4) is 0 Å². The number of nitrogens with zero attached hydrogens (tertiary/aromatic N) is 2. The van der Waals surface area contributed by atoms with Crippen molar-refractivity contribution in [3.8, 4) is 6.07 Å². The van der Waals surface area contributed by atoms with Crippen molar-refractivity contribution in [2.75, 3.05) is 13.1 Å². The predicted octanol–water partition coefficient (Wildman–Crippen LogP) is 4.24. The molecule has 4 nitrogen and oxygen atoms in total. The first-order valence-corrected chi connectivity index (χ1v) is 9.61. The van der Waals surface area contributed by atoms with Crippen molar-refractivity contribution in [3.05, 3.63) is 70.5 Å². The van der Waals surface area contributed by atoms with E-state index in [1.54, 1.807) is 18.2 Å². The van der Waals surface area contributed by atoms with Crippen LogP contribution in [0.5, 0.6) is 0 Å². The third kappa shape index (κ3) is 5.57. The first kappa shape index (κ1) is 21.8. The number of carbonyl (C=O) groups is 1.